The molecule has 0 heterocycles. The highest BCUT2D eigenvalue weighted by molar-refractivity contribution is 6.15. The second kappa shape index (κ2) is 21.9. The van der Waals surface area contributed by atoms with Crippen LogP contribution in [0.4, 0.5) is 52.7 Å². The van der Waals surface area contributed by atoms with Gasteiger partial charge in [0.2, 0.25) is 0 Å². The molecule has 0 amide bonds. The summed E-state index contributed by atoms with van der Waals surface area (Å²) in [6.07, 6.45) is -8.03. The Morgan fingerprint density at radius 2 is 0.738 bits per heavy atom. The van der Waals surface area contributed by atoms with Gasteiger partial charge in [-0.15, -0.1) is 0 Å². The van der Waals surface area contributed by atoms with Crippen molar-refractivity contribution in [3.05, 3.63) is 192 Å². The quantitative estimate of drug-likeness (QED) is 0.116. The highest BCUT2D eigenvalue weighted by Crippen LogP contribution is 2.59. The summed E-state index contributed by atoms with van der Waals surface area (Å²) < 4.78 is 179. The van der Waals surface area contributed by atoms with Crippen molar-refractivity contribution in [1.29, 1.82) is 0 Å². The molecule has 0 nitrogen and oxygen atoms in total. The first-order valence-electron chi connectivity index (χ1n) is 29.3. The predicted molar refractivity (Wildman–Crippen MR) is 319 cm³/mol. The smallest absolute Gasteiger partial charge is 0.166 e. The lowest BCUT2D eigenvalue weighted by atomic mass is 9.63. The van der Waals surface area contributed by atoms with Crippen LogP contribution in [0.2, 0.25) is 0 Å². The van der Waals surface area contributed by atoms with Gasteiger partial charge in [0, 0.05) is 11.8 Å². The van der Waals surface area contributed by atoms with E-state index in [1.807, 2.05) is 159 Å². The van der Waals surface area contributed by atoms with E-state index in [9.17, 15) is 52.7 Å². The molecule has 0 aromatic heterocycles. The van der Waals surface area contributed by atoms with Crippen LogP contribution in [-0.2, 0) is 18.5 Å². The third-order valence-corrected chi connectivity index (χ3v) is 17.4. The first kappa shape index (κ1) is 62.2. The van der Waals surface area contributed by atoms with Crippen LogP contribution < -0.4 is 0 Å². The number of fused-ring (bicyclic) bond motifs is 2. The van der Waals surface area contributed by atoms with Crippen LogP contribution in [0.3, 0.4) is 0 Å². The summed E-state index contributed by atoms with van der Waals surface area (Å²) >= 11 is 0. The summed E-state index contributed by atoms with van der Waals surface area (Å²) in [5, 5.41) is 1.38. The minimum absolute atomic E-state index is 0.315. The van der Waals surface area contributed by atoms with Crippen LogP contribution in [0.25, 0.3) is 49.7 Å². The molecule has 0 N–H and O–H groups in total. The Labute approximate surface area is 486 Å². The lowest BCUT2D eigenvalue weighted by Gasteiger charge is -2.40. The van der Waals surface area contributed by atoms with Gasteiger partial charge in [-0.2, -0.15) is 52.7 Å². The van der Waals surface area contributed by atoms with Gasteiger partial charge in [0.25, 0.3) is 0 Å². The first-order chi connectivity index (χ1) is 38.8. The molecule has 446 valence electrons. The van der Waals surface area contributed by atoms with Crippen LogP contribution in [0.15, 0.2) is 125 Å². The third kappa shape index (κ3) is 11.3. The lowest BCUT2D eigenvalue weighted by molar-refractivity contribution is -0.138. The summed E-state index contributed by atoms with van der Waals surface area (Å²) in [5.41, 5.74) is 8.90. The van der Waals surface area contributed by atoms with Gasteiger partial charge in [0.1, 0.15) is 0 Å². The zero-order valence-electron chi connectivity index (χ0n) is 50.5. The Morgan fingerprint density at radius 1 is 0.369 bits per heavy atom. The maximum absolute atomic E-state index is 14.9. The molecule has 0 saturated carbocycles. The number of rotatable bonds is 11. The monoisotopic (exact) mass is 1170 g/mol. The fourth-order valence-corrected chi connectivity index (χ4v) is 13.3. The molecule has 0 fully saturated rings. The Hall–Kier alpha value is -6.30. The number of alkyl halides is 12. The Morgan fingerprint density at radius 3 is 1.07 bits per heavy atom. The second-order valence-electron chi connectivity index (χ2n) is 26.0. The van der Waals surface area contributed by atoms with E-state index in [1.165, 1.54) is 48.6 Å². The molecular formula is C72H74F12. The average molecular weight is 1170 g/mol. The minimum Gasteiger partial charge on any atom is -0.166 e. The van der Waals surface area contributed by atoms with Gasteiger partial charge < -0.3 is 0 Å². The summed E-state index contributed by atoms with van der Waals surface area (Å²) in [5.74, 6) is -4.39. The van der Waals surface area contributed by atoms with Gasteiger partial charge in [-0.05, 0) is 248 Å². The molecule has 0 saturated heterocycles. The fourth-order valence-electron chi connectivity index (χ4n) is 13.3. The highest BCUT2D eigenvalue weighted by Gasteiger charge is 2.43. The molecule has 2 atom stereocenters. The molecule has 12 heteroatoms. The summed E-state index contributed by atoms with van der Waals surface area (Å²) in [6.45, 7) is 29.6. The molecule has 0 bridgehead atoms. The molecule has 4 aliphatic carbocycles. The van der Waals surface area contributed by atoms with Gasteiger partial charge in [-0.25, -0.2) is 0 Å². The normalized spacial score (nSPS) is 18.7. The van der Waals surface area contributed by atoms with Gasteiger partial charge in [0.15, 0.2) is 0 Å². The van der Waals surface area contributed by atoms with Crippen LogP contribution in [0.5, 0.6) is 0 Å². The van der Waals surface area contributed by atoms with Crippen molar-refractivity contribution in [1.82, 2.24) is 0 Å². The molecule has 0 radical (unpaired) electrons. The van der Waals surface area contributed by atoms with E-state index in [0.717, 1.165) is 27.7 Å². The molecule has 5 aromatic carbocycles. The standard InChI is InChI=1S/C72H74F12/c1-33(2)51-25-47(69(73,74)75)26-52(34(3)4)63(51)43-17-41-18-44(64-53(35(5)6)27-48(70(76,77)78)28-54(64)36(7)8)23-61-62-24-46(66-57(39(13)14)31-50(72(82,83)84)32-58(66)40(15)16)20-42-19-45(22-60(68(42)62)59(21-43)67(41)61)65-55(37(9)10)29-49(71(79,80)81)30-56(65)38(11)12/h17-40,51,67H,1-16H3. The number of halogens is 12. The topological polar surface area (TPSA) is 0 Å². The first-order valence-corrected chi connectivity index (χ1v) is 29.3. The van der Waals surface area contributed by atoms with Crippen molar-refractivity contribution >= 4 is 27.5 Å². The van der Waals surface area contributed by atoms with Crippen molar-refractivity contribution in [2.45, 2.75) is 171 Å². The van der Waals surface area contributed by atoms with Crippen molar-refractivity contribution in [2.24, 2.45) is 23.7 Å². The maximum atomic E-state index is 14.9. The minimum atomic E-state index is -4.66. The molecule has 2 unspecified atom stereocenters. The lowest BCUT2D eigenvalue weighted by Crippen LogP contribution is -2.25. The number of allylic oxidation sites excluding steroid dienone is 14. The number of benzene rings is 5. The highest BCUT2D eigenvalue weighted by atomic mass is 19.4. The molecule has 9 rings (SSSR count). The van der Waals surface area contributed by atoms with E-state index in [0.29, 0.717) is 94.4 Å². The SMILES string of the molecule is CC(C)C1=CC(C(F)(F)F)=CC(C(C)C)C1=C1C=C2C=C(c3c(C(C)C)cc(C(F)(F)F)cc3C(C)C)C=C3c4cc(-c5c(C(C)C)cc(C(F)(F)F)cc5C(C)C)cc5cc(-c6c(C(C)C)cc(C(F)(F)F)cc6C(C)C)cc(c45)C(=C1)C23. The van der Waals surface area contributed by atoms with Crippen molar-refractivity contribution in [3.8, 4) is 22.3 Å². The second-order valence-corrected chi connectivity index (χ2v) is 26.0. The van der Waals surface area contributed by atoms with E-state index in [1.54, 1.807) is 0 Å². The van der Waals surface area contributed by atoms with E-state index in [4.69, 9.17) is 0 Å². The average Bonchev–Trinajstić information content (AvgIpc) is 1.74. The van der Waals surface area contributed by atoms with E-state index in [2.05, 4.69) is 0 Å². The zero-order chi connectivity index (χ0) is 62.1. The Balaban J connectivity index is 1.53. The van der Waals surface area contributed by atoms with Crippen molar-refractivity contribution in [3.63, 3.8) is 0 Å². The summed E-state index contributed by atoms with van der Waals surface area (Å²) in [7, 11) is 0. The van der Waals surface area contributed by atoms with Crippen LogP contribution in [0.1, 0.15) is 213 Å². The predicted octanol–water partition coefficient (Wildman–Crippen LogP) is 24.1. The summed E-state index contributed by atoms with van der Waals surface area (Å²) in [6, 6.07) is 15.2. The maximum Gasteiger partial charge on any atom is 0.416 e. The largest absolute Gasteiger partial charge is 0.416 e. The van der Waals surface area contributed by atoms with Crippen LogP contribution in [-0.4, -0.2) is 6.18 Å². The van der Waals surface area contributed by atoms with Crippen LogP contribution in [0, 0.1) is 23.7 Å². The van der Waals surface area contributed by atoms with Gasteiger partial charge in [0.05, 0.1) is 22.3 Å². The Kier molecular flexibility index (Phi) is 16.2. The van der Waals surface area contributed by atoms with E-state index < -0.39 is 94.3 Å². The van der Waals surface area contributed by atoms with Crippen molar-refractivity contribution in [2.75, 3.05) is 0 Å². The van der Waals surface area contributed by atoms with Gasteiger partial charge >= 0.3 is 24.7 Å². The molecule has 5 aromatic rings. The van der Waals surface area contributed by atoms with Crippen LogP contribution >= 0.6 is 0 Å². The zero-order valence-corrected chi connectivity index (χ0v) is 50.5. The number of hydrogen-bond donors (Lipinski definition) is 0. The molecule has 0 spiro atoms. The molecule has 0 aliphatic heterocycles. The molecule has 84 heavy (non-hydrogen) atoms. The molecular weight excluding hydrogens is 1090 g/mol. The summed E-state index contributed by atoms with van der Waals surface area (Å²) in [4.78, 5) is 0. The van der Waals surface area contributed by atoms with E-state index in [-0.39, 0.29) is 11.8 Å². The van der Waals surface area contributed by atoms with E-state index >= 15 is 0 Å². The third-order valence-electron chi connectivity index (χ3n) is 17.4. The molecule has 4 aliphatic rings. The van der Waals surface area contributed by atoms with Gasteiger partial charge in [-0.1, -0.05) is 129 Å². The fraction of sp³-hybridized carbons (Fsp3) is 0.417. The number of hydrogen-bond acceptors (Lipinski definition) is 0. The van der Waals surface area contributed by atoms with Crippen molar-refractivity contribution < 1.29 is 52.7 Å². The van der Waals surface area contributed by atoms with Gasteiger partial charge in [-0.3, -0.25) is 0 Å². The Bertz CT molecular complexity index is 3630.